The second-order valence-electron chi connectivity index (χ2n) is 7.95. The molecule has 9 nitrogen and oxygen atoms in total. The normalized spacial score (nSPS) is 18.0. The summed E-state index contributed by atoms with van der Waals surface area (Å²) in [5.74, 6) is -0.652. The summed E-state index contributed by atoms with van der Waals surface area (Å²) in [4.78, 5) is 27.9. The van der Waals surface area contributed by atoms with Crippen molar-refractivity contribution in [3.05, 3.63) is 46.0 Å². The molecule has 0 spiro atoms. The Balaban J connectivity index is 2.01. The third-order valence-electron chi connectivity index (χ3n) is 4.65. The molecular weight excluding hydrogens is 408 g/mol. The molecule has 0 aromatic carbocycles. The minimum Gasteiger partial charge on any atom is -0.444 e. The van der Waals surface area contributed by atoms with Gasteiger partial charge in [-0.2, -0.15) is 5.10 Å². The molecule has 0 saturated carbocycles. The number of aromatic nitrogens is 2. The Kier molecular flexibility index (Phi) is 5.76. The molecule has 3 N–H and O–H groups in total. The molecule has 2 aliphatic rings. The maximum atomic E-state index is 12.5. The van der Waals surface area contributed by atoms with Gasteiger partial charge in [0.15, 0.2) is 0 Å². The van der Waals surface area contributed by atoms with Crippen LogP contribution >= 0.6 is 11.6 Å². The van der Waals surface area contributed by atoms with Crippen LogP contribution in [0.25, 0.3) is 5.57 Å². The third kappa shape index (κ3) is 4.11. The molecule has 0 aliphatic carbocycles. The van der Waals surface area contributed by atoms with Gasteiger partial charge in [-0.1, -0.05) is 17.7 Å². The van der Waals surface area contributed by atoms with Gasteiger partial charge in [-0.05, 0) is 33.8 Å². The van der Waals surface area contributed by atoms with Crippen molar-refractivity contribution in [3.8, 4) is 0 Å². The maximum Gasteiger partial charge on any atom is 0.410 e. The number of fused-ring (bicyclic) bond motifs is 1. The SMILES string of the molecule is C/C=C1/C(Cl)=CC(c2nn3c(c2C(N)=O)CN(C(=O)OC(C)(C)C)CC3)=CN1C=N. The number of carbonyl (C=O) groups is 2. The van der Waals surface area contributed by atoms with Crippen LogP contribution in [0.5, 0.6) is 0 Å². The molecule has 0 radical (unpaired) electrons. The molecular formula is C20H25ClN6O3. The zero-order valence-electron chi connectivity index (χ0n) is 17.4. The van der Waals surface area contributed by atoms with Gasteiger partial charge < -0.3 is 20.3 Å². The van der Waals surface area contributed by atoms with E-state index in [1.54, 1.807) is 43.8 Å². The van der Waals surface area contributed by atoms with Crippen molar-refractivity contribution in [2.24, 2.45) is 5.73 Å². The molecule has 0 bridgehead atoms. The largest absolute Gasteiger partial charge is 0.444 e. The Morgan fingerprint density at radius 2 is 2.03 bits per heavy atom. The molecule has 0 saturated heterocycles. The van der Waals surface area contributed by atoms with Crippen LogP contribution in [0.1, 0.15) is 49.4 Å². The van der Waals surface area contributed by atoms with Crippen LogP contribution in [0.15, 0.2) is 29.1 Å². The predicted molar refractivity (Wildman–Crippen MR) is 114 cm³/mol. The minimum atomic E-state index is -0.652. The Bertz CT molecular complexity index is 999. The van der Waals surface area contributed by atoms with E-state index in [-0.39, 0.29) is 12.1 Å². The molecule has 2 amide bonds. The van der Waals surface area contributed by atoms with Crippen LogP contribution in [0.4, 0.5) is 4.79 Å². The van der Waals surface area contributed by atoms with Crippen LogP contribution < -0.4 is 5.73 Å². The lowest BCUT2D eigenvalue weighted by Gasteiger charge is -2.30. The van der Waals surface area contributed by atoms with E-state index < -0.39 is 17.6 Å². The molecule has 0 atom stereocenters. The first-order chi connectivity index (χ1) is 14.1. The van der Waals surface area contributed by atoms with Crippen molar-refractivity contribution in [2.75, 3.05) is 6.54 Å². The standard InChI is InChI=1S/C20H25ClN6O3/c1-5-14-13(21)8-12(9-26(14)11-22)17-16(18(23)28)15-10-25(6-7-27(15)24-17)19(29)30-20(2,3)4/h5,8-9,11,22H,6-7,10H2,1-4H3,(H2,23,28)/b14-5-,22-11?. The summed E-state index contributed by atoms with van der Waals surface area (Å²) in [7, 11) is 0. The van der Waals surface area contributed by atoms with Gasteiger partial charge in [-0.15, -0.1) is 0 Å². The third-order valence-corrected chi connectivity index (χ3v) is 4.95. The molecule has 160 valence electrons. The number of nitrogens with zero attached hydrogens (tertiary/aromatic N) is 4. The average Bonchev–Trinajstić information content (AvgIpc) is 3.04. The fraction of sp³-hybridized carbons (Fsp3) is 0.400. The number of amides is 2. The number of nitrogens with two attached hydrogens (primary N) is 1. The minimum absolute atomic E-state index is 0.152. The number of hydrogen-bond acceptors (Lipinski definition) is 5. The molecule has 1 aromatic heterocycles. The number of halogens is 1. The summed E-state index contributed by atoms with van der Waals surface area (Å²) < 4.78 is 7.13. The van der Waals surface area contributed by atoms with Gasteiger partial charge in [0.1, 0.15) is 11.3 Å². The van der Waals surface area contributed by atoms with E-state index in [0.717, 1.165) is 6.34 Å². The highest BCUT2D eigenvalue weighted by molar-refractivity contribution is 6.33. The van der Waals surface area contributed by atoms with E-state index in [1.165, 1.54) is 9.80 Å². The first-order valence-corrected chi connectivity index (χ1v) is 9.86. The van der Waals surface area contributed by atoms with E-state index in [1.807, 2.05) is 6.92 Å². The van der Waals surface area contributed by atoms with Crippen molar-refractivity contribution in [2.45, 2.75) is 46.4 Å². The molecule has 0 unspecified atom stereocenters. The summed E-state index contributed by atoms with van der Waals surface area (Å²) in [6, 6.07) is 0. The molecule has 0 fully saturated rings. The zero-order chi connectivity index (χ0) is 22.2. The van der Waals surface area contributed by atoms with Gasteiger partial charge in [0.05, 0.1) is 41.4 Å². The number of allylic oxidation sites excluding steroid dienone is 4. The van der Waals surface area contributed by atoms with Crippen LogP contribution in [0.3, 0.4) is 0 Å². The Morgan fingerprint density at radius 1 is 1.33 bits per heavy atom. The average molecular weight is 433 g/mol. The smallest absolute Gasteiger partial charge is 0.410 e. The first-order valence-electron chi connectivity index (χ1n) is 9.48. The van der Waals surface area contributed by atoms with E-state index in [4.69, 9.17) is 27.5 Å². The molecule has 30 heavy (non-hydrogen) atoms. The highest BCUT2D eigenvalue weighted by Crippen LogP contribution is 2.33. The highest BCUT2D eigenvalue weighted by atomic mass is 35.5. The van der Waals surface area contributed by atoms with Crippen LogP contribution in [-0.2, 0) is 17.8 Å². The number of ether oxygens (including phenoxy) is 1. The summed E-state index contributed by atoms with van der Waals surface area (Å²) in [6.07, 6.45) is 5.79. The topological polar surface area (TPSA) is 118 Å². The van der Waals surface area contributed by atoms with Crippen molar-refractivity contribution in [1.82, 2.24) is 19.6 Å². The summed E-state index contributed by atoms with van der Waals surface area (Å²) >= 11 is 6.37. The van der Waals surface area contributed by atoms with Crippen LogP contribution in [-0.4, -0.2) is 50.1 Å². The molecule has 1 aromatic rings. The van der Waals surface area contributed by atoms with Crippen LogP contribution in [0, 0.1) is 5.41 Å². The van der Waals surface area contributed by atoms with Gasteiger partial charge in [-0.25, -0.2) is 4.79 Å². The fourth-order valence-electron chi connectivity index (χ4n) is 3.37. The lowest BCUT2D eigenvalue weighted by atomic mass is 10.0. The van der Waals surface area contributed by atoms with Crippen molar-refractivity contribution in [3.63, 3.8) is 0 Å². The van der Waals surface area contributed by atoms with Gasteiger partial charge in [-0.3, -0.25) is 14.9 Å². The van der Waals surface area contributed by atoms with Gasteiger partial charge in [0.25, 0.3) is 5.91 Å². The number of hydrogen-bond donors (Lipinski definition) is 2. The quantitative estimate of drug-likeness (QED) is 0.562. The van der Waals surface area contributed by atoms with E-state index in [0.29, 0.717) is 40.8 Å². The maximum absolute atomic E-state index is 12.5. The van der Waals surface area contributed by atoms with Crippen LogP contribution in [0.2, 0.25) is 0 Å². The van der Waals surface area contributed by atoms with Gasteiger partial charge in [0.2, 0.25) is 0 Å². The number of primary amides is 1. The van der Waals surface area contributed by atoms with E-state index in [2.05, 4.69) is 5.10 Å². The Hall–Kier alpha value is -3.07. The van der Waals surface area contributed by atoms with Crippen molar-refractivity contribution < 1.29 is 14.3 Å². The fourth-order valence-corrected chi connectivity index (χ4v) is 3.70. The van der Waals surface area contributed by atoms with Gasteiger partial charge in [0, 0.05) is 18.3 Å². The molecule has 3 rings (SSSR count). The Morgan fingerprint density at radius 3 is 2.60 bits per heavy atom. The predicted octanol–water partition coefficient (Wildman–Crippen LogP) is 3.02. The molecule has 2 aliphatic heterocycles. The summed E-state index contributed by atoms with van der Waals surface area (Å²) in [6.45, 7) is 8.15. The first kappa shape index (κ1) is 21.6. The van der Waals surface area contributed by atoms with Crippen molar-refractivity contribution >= 4 is 35.5 Å². The van der Waals surface area contributed by atoms with E-state index in [9.17, 15) is 9.59 Å². The number of carbonyl (C=O) groups excluding carboxylic acids is 2. The number of rotatable bonds is 3. The summed E-state index contributed by atoms with van der Waals surface area (Å²) in [5.41, 5.74) is 7.40. The van der Waals surface area contributed by atoms with Crippen molar-refractivity contribution in [1.29, 1.82) is 5.41 Å². The van der Waals surface area contributed by atoms with E-state index >= 15 is 0 Å². The summed E-state index contributed by atoms with van der Waals surface area (Å²) in [5, 5.41) is 12.6. The highest BCUT2D eigenvalue weighted by Gasteiger charge is 2.32. The van der Waals surface area contributed by atoms with Gasteiger partial charge >= 0.3 is 6.09 Å². The molecule has 10 heteroatoms. The lowest BCUT2D eigenvalue weighted by molar-refractivity contribution is 0.0193. The number of nitrogens with one attached hydrogen (secondary N) is 1. The second kappa shape index (κ2) is 7.98. The lowest BCUT2D eigenvalue weighted by Crippen LogP contribution is -2.42. The monoisotopic (exact) mass is 432 g/mol. The zero-order valence-corrected chi connectivity index (χ0v) is 18.2. The molecule has 3 heterocycles. The second-order valence-corrected chi connectivity index (χ2v) is 8.35. The Labute approximate surface area is 179 Å².